The van der Waals surface area contributed by atoms with Crippen molar-refractivity contribution in [3.05, 3.63) is 29.6 Å². The Bertz CT molecular complexity index is 423. The first-order valence-corrected chi connectivity index (χ1v) is 6.52. The van der Waals surface area contributed by atoms with Gasteiger partial charge in [-0.2, -0.15) is 0 Å². The molecular formula is C14H21N3O. The van der Waals surface area contributed by atoms with Crippen LogP contribution >= 0.6 is 0 Å². The molecule has 4 heteroatoms. The number of aromatic nitrogens is 1. The number of carbonyl (C=O) groups is 1. The van der Waals surface area contributed by atoms with Crippen molar-refractivity contribution in [2.24, 2.45) is 0 Å². The Morgan fingerprint density at radius 2 is 2.11 bits per heavy atom. The van der Waals surface area contributed by atoms with E-state index in [0.29, 0.717) is 6.42 Å². The summed E-state index contributed by atoms with van der Waals surface area (Å²) in [6.45, 7) is 7.92. The molecule has 0 spiro atoms. The van der Waals surface area contributed by atoms with Crippen LogP contribution in [0.15, 0.2) is 18.3 Å². The predicted molar refractivity (Wildman–Crippen MR) is 71.3 cm³/mol. The topological polar surface area (TPSA) is 45.2 Å². The third-order valence-electron chi connectivity index (χ3n) is 3.55. The van der Waals surface area contributed by atoms with Crippen LogP contribution in [0.25, 0.3) is 0 Å². The standard InChI is InChI=1S/C14H21N3O/c1-10-5-4-6-16-13(10)7-14(18)17-11(2)8-15-9-12(17)3/h4-6,11-12,15H,7-9H2,1-3H3. The number of piperazine rings is 1. The van der Waals surface area contributed by atoms with Gasteiger partial charge in [-0.1, -0.05) is 6.07 Å². The minimum Gasteiger partial charge on any atom is -0.334 e. The molecule has 98 valence electrons. The van der Waals surface area contributed by atoms with Gasteiger partial charge in [0.05, 0.1) is 12.1 Å². The highest BCUT2D eigenvalue weighted by Crippen LogP contribution is 2.13. The molecule has 1 aliphatic rings. The van der Waals surface area contributed by atoms with Gasteiger partial charge in [0, 0.05) is 31.4 Å². The average Bonchev–Trinajstić information content (AvgIpc) is 2.32. The van der Waals surface area contributed by atoms with E-state index in [4.69, 9.17) is 0 Å². The Hall–Kier alpha value is -1.42. The van der Waals surface area contributed by atoms with E-state index >= 15 is 0 Å². The first-order chi connectivity index (χ1) is 8.59. The van der Waals surface area contributed by atoms with E-state index in [2.05, 4.69) is 24.1 Å². The molecule has 2 rings (SSSR count). The molecule has 2 heterocycles. The van der Waals surface area contributed by atoms with Crippen LogP contribution in [0.4, 0.5) is 0 Å². The van der Waals surface area contributed by atoms with Crippen molar-refractivity contribution in [1.29, 1.82) is 0 Å². The lowest BCUT2D eigenvalue weighted by Gasteiger charge is -2.39. The minimum atomic E-state index is 0.179. The number of hydrogen-bond donors (Lipinski definition) is 1. The SMILES string of the molecule is Cc1cccnc1CC(=O)N1C(C)CNCC1C. The van der Waals surface area contributed by atoms with E-state index in [1.807, 2.05) is 24.0 Å². The molecule has 18 heavy (non-hydrogen) atoms. The summed E-state index contributed by atoms with van der Waals surface area (Å²) in [7, 11) is 0. The molecule has 2 unspecified atom stereocenters. The van der Waals surface area contributed by atoms with Gasteiger partial charge in [-0.3, -0.25) is 9.78 Å². The van der Waals surface area contributed by atoms with Gasteiger partial charge in [0.2, 0.25) is 5.91 Å². The summed E-state index contributed by atoms with van der Waals surface area (Å²) < 4.78 is 0. The lowest BCUT2D eigenvalue weighted by atomic mass is 10.1. The zero-order valence-corrected chi connectivity index (χ0v) is 11.3. The molecule has 0 aromatic carbocycles. The second kappa shape index (κ2) is 5.48. The number of carbonyl (C=O) groups excluding carboxylic acids is 1. The van der Waals surface area contributed by atoms with E-state index in [9.17, 15) is 4.79 Å². The van der Waals surface area contributed by atoms with Gasteiger partial charge in [-0.15, -0.1) is 0 Å². The molecule has 0 bridgehead atoms. The third kappa shape index (κ3) is 2.70. The zero-order chi connectivity index (χ0) is 13.1. The van der Waals surface area contributed by atoms with Crippen LogP contribution in [0, 0.1) is 6.92 Å². The van der Waals surface area contributed by atoms with Gasteiger partial charge in [-0.05, 0) is 32.4 Å². The van der Waals surface area contributed by atoms with Gasteiger partial charge >= 0.3 is 0 Å². The number of rotatable bonds is 2. The maximum Gasteiger partial charge on any atom is 0.229 e. The molecule has 4 nitrogen and oxygen atoms in total. The van der Waals surface area contributed by atoms with Crippen molar-refractivity contribution in [3.63, 3.8) is 0 Å². The van der Waals surface area contributed by atoms with Crippen molar-refractivity contribution in [1.82, 2.24) is 15.2 Å². The van der Waals surface area contributed by atoms with Crippen LogP contribution in [-0.4, -0.2) is 41.0 Å². The summed E-state index contributed by atoms with van der Waals surface area (Å²) in [6.07, 6.45) is 2.15. The minimum absolute atomic E-state index is 0.179. The fraction of sp³-hybridized carbons (Fsp3) is 0.571. The van der Waals surface area contributed by atoms with Crippen molar-refractivity contribution in [3.8, 4) is 0 Å². The lowest BCUT2D eigenvalue weighted by molar-refractivity contribution is -0.135. The fourth-order valence-corrected chi connectivity index (χ4v) is 2.56. The Labute approximate surface area is 108 Å². The normalized spacial score (nSPS) is 24.1. The van der Waals surface area contributed by atoms with Crippen LogP contribution in [-0.2, 0) is 11.2 Å². The molecular weight excluding hydrogens is 226 g/mol. The van der Waals surface area contributed by atoms with Crippen molar-refractivity contribution < 1.29 is 4.79 Å². The number of aryl methyl sites for hydroxylation is 1. The highest BCUT2D eigenvalue weighted by molar-refractivity contribution is 5.79. The summed E-state index contributed by atoms with van der Waals surface area (Å²) in [5.74, 6) is 0.179. The van der Waals surface area contributed by atoms with Crippen molar-refractivity contribution in [2.75, 3.05) is 13.1 Å². The molecule has 0 saturated carbocycles. The Balaban J connectivity index is 2.09. The van der Waals surface area contributed by atoms with E-state index in [1.54, 1.807) is 6.20 Å². The van der Waals surface area contributed by atoms with Crippen LogP contribution in [0.1, 0.15) is 25.1 Å². The molecule has 1 aromatic rings. The Morgan fingerprint density at radius 1 is 1.44 bits per heavy atom. The first-order valence-electron chi connectivity index (χ1n) is 6.52. The average molecular weight is 247 g/mol. The van der Waals surface area contributed by atoms with Gasteiger partial charge in [0.1, 0.15) is 0 Å². The third-order valence-corrected chi connectivity index (χ3v) is 3.55. The maximum absolute atomic E-state index is 12.4. The van der Waals surface area contributed by atoms with Crippen LogP contribution in [0.3, 0.4) is 0 Å². The number of hydrogen-bond acceptors (Lipinski definition) is 3. The summed E-state index contributed by atoms with van der Waals surface area (Å²) in [5.41, 5.74) is 1.97. The highest BCUT2D eigenvalue weighted by Gasteiger charge is 2.28. The summed E-state index contributed by atoms with van der Waals surface area (Å²) in [4.78, 5) is 18.7. The molecule has 2 atom stereocenters. The van der Waals surface area contributed by atoms with E-state index in [-0.39, 0.29) is 18.0 Å². The van der Waals surface area contributed by atoms with Crippen molar-refractivity contribution in [2.45, 2.75) is 39.3 Å². The number of nitrogens with zero attached hydrogens (tertiary/aromatic N) is 2. The number of pyridine rings is 1. The largest absolute Gasteiger partial charge is 0.334 e. The summed E-state index contributed by atoms with van der Waals surface area (Å²) in [6, 6.07) is 4.41. The fourth-order valence-electron chi connectivity index (χ4n) is 2.56. The maximum atomic E-state index is 12.4. The number of amides is 1. The Morgan fingerprint density at radius 3 is 2.72 bits per heavy atom. The monoisotopic (exact) mass is 247 g/mol. The van der Waals surface area contributed by atoms with E-state index in [0.717, 1.165) is 24.3 Å². The Kier molecular flexibility index (Phi) is 3.97. The molecule has 1 aliphatic heterocycles. The molecule has 1 fully saturated rings. The van der Waals surface area contributed by atoms with E-state index in [1.165, 1.54) is 0 Å². The molecule has 0 aliphatic carbocycles. The van der Waals surface area contributed by atoms with E-state index < -0.39 is 0 Å². The zero-order valence-electron chi connectivity index (χ0n) is 11.3. The second-order valence-electron chi connectivity index (χ2n) is 5.10. The number of nitrogens with one attached hydrogen (secondary N) is 1. The molecule has 1 aromatic heterocycles. The van der Waals surface area contributed by atoms with Crippen LogP contribution < -0.4 is 5.32 Å². The van der Waals surface area contributed by atoms with Crippen LogP contribution in [0.5, 0.6) is 0 Å². The van der Waals surface area contributed by atoms with Crippen LogP contribution in [0.2, 0.25) is 0 Å². The quantitative estimate of drug-likeness (QED) is 0.852. The van der Waals surface area contributed by atoms with Crippen molar-refractivity contribution >= 4 is 5.91 Å². The van der Waals surface area contributed by atoms with Gasteiger partial charge in [0.15, 0.2) is 0 Å². The highest BCUT2D eigenvalue weighted by atomic mass is 16.2. The second-order valence-corrected chi connectivity index (χ2v) is 5.10. The smallest absolute Gasteiger partial charge is 0.229 e. The molecule has 1 amide bonds. The summed E-state index contributed by atoms with van der Waals surface area (Å²) in [5, 5.41) is 3.33. The predicted octanol–water partition coefficient (Wildman–Crippen LogP) is 1.14. The molecule has 1 N–H and O–H groups in total. The lowest BCUT2D eigenvalue weighted by Crippen LogP contribution is -2.57. The van der Waals surface area contributed by atoms with Gasteiger partial charge in [0.25, 0.3) is 0 Å². The summed E-state index contributed by atoms with van der Waals surface area (Å²) >= 11 is 0. The molecule has 1 saturated heterocycles. The van der Waals surface area contributed by atoms with Gasteiger partial charge in [-0.25, -0.2) is 0 Å². The first kappa shape index (κ1) is 13.0. The van der Waals surface area contributed by atoms with Gasteiger partial charge < -0.3 is 10.2 Å². The molecule has 0 radical (unpaired) electrons.